The van der Waals surface area contributed by atoms with Gasteiger partial charge in [-0.15, -0.1) is 11.3 Å². The summed E-state index contributed by atoms with van der Waals surface area (Å²) in [6.07, 6.45) is 2.08. The molecule has 0 fully saturated rings. The van der Waals surface area contributed by atoms with E-state index in [2.05, 4.69) is 25.1 Å². The van der Waals surface area contributed by atoms with Crippen LogP contribution < -0.4 is 5.73 Å². The summed E-state index contributed by atoms with van der Waals surface area (Å²) in [5, 5.41) is 0.820. The second-order valence-corrected chi connectivity index (χ2v) is 6.04. The predicted octanol–water partition coefficient (Wildman–Crippen LogP) is 4.25. The molecule has 0 aliphatic rings. The lowest BCUT2D eigenvalue weighted by molar-refractivity contribution is 0.701. The molecule has 0 saturated heterocycles. The Morgan fingerprint density at radius 1 is 1.17 bits per heavy atom. The van der Waals surface area contributed by atoms with Gasteiger partial charge < -0.3 is 5.73 Å². The maximum Gasteiger partial charge on any atom is 0.0441 e. The Balaban J connectivity index is 2.17. The molecule has 0 radical (unpaired) electrons. The first kappa shape index (κ1) is 13.6. The van der Waals surface area contributed by atoms with Gasteiger partial charge in [-0.1, -0.05) is 36.7 Å². The van der Waals surface area contributed by atoms with Crippen LogP contribution in [-0.2, 0) is 12.8 Å². The summed E-state index contributed by atoms with van der Waals surface area (Å²) in [6.45, 7) is 2.81. The SMILES string of the molecule is CCc1ccc(CC(CN)c2ccccc2Cl)s1. The third kappa shape index (κ3) is 3.14. The van der Waals surface area contributed by atoms with Gasteiger partial charge in [-0.05, 0) is 43.1 Å². The van der Waals surface area contributed by atoms with Gasteiger partial charge in [-0.3, -0.25) is 0 Å². The van der Waals surface area contributed by atoms with Crippen molar-refractivity contribution in [1.29, 1.82) is 0 Å². The zero-order valence-electron chi connectivity index (χ0n) is 10.5. The lowest BCUT2D eigenvalue weighted by atomic mass is 9.95. The molecule has 2 aromatic rings. The highest BCUT2D eigenvalue weighted by molar-refractivity contribution is 7.11. The lowest BCUT2D eigenvalue weighted by Crippen LogP contribution is -2.14. The van der Waals surface area contributed by atoms with E-state index in [4.69, 9.17) is 17.3 Å². The molecule has 2 rings (SSSR count). The molecule has 1 unspecified atom stereocenters. The molecule has 0 amide bonds. The standard InChI is InChI=1S/C15H18ClNS/c1-2-12-7-8-13(18-12)9-11(10-17)14-5-3-4-6-15(14)16/h3-8,11H,2,9-10,17H2,1H3. The normalized spacial score (nSPS) is 12.6. The summed E-state index contributed by atoms with van der Waals surface area (Å²) >= 11 is 8.12. The molecule has 3 heteroatoms. The van der Waals surface area contributed by atoms with Gasteiger partial charge in [0.25, 0.3) is 0 Å². The molecular formula is C15H18ClNS. The van der Waals surface area contributed by atoms with E-state index in [1.165, 1.54) is 9.75 Å². The van der Waals surface area contributed by atoms with Gasteiger partial charge in [0.1, 0.15) is 0 Å². The Labute approximate surface area is 118 Å². The molecule has 1 atom stereocenters. The molecule has 0 spiro atoms. The summed E-state index contributed by atoms with van der Waals surface area (Å²) in [6, 6.07) is 12.4. The number of halogens is 1. The molecule has 0 aliphatic heterocycles. The second kappa shape index (κ2) is 6.37. The molecule has 0 bridgehead atoms. The Morgan fingerprint density at radius 3 is 2.50 bits per heavy atom. The van der Waals surface area contributed by atoms with Crippen LogP contribution in [0.15, 0.2) is 36.4 Å². The Bertz CT molecular complexity index is 507. The van der Waals surface area contributed by atoms with Crippen LogP contribution in [0.2, 0.25) is 5.02 Å². The van der Waals surface area contributed by atoms with Crippen molar-refractivity contribution in [3.63, 3.8) is 0 Å². The van der Waals surface area contributed by atoms with E-state index in [-0.39, 0.29) is 0 Å². The third-order valence-corrected chi connectivity index (χ3v) is 4.74. The van der Waals surface area contributed by atoms with Crippen molar-refractivity contribution in [2.45, 2.75) is 25.7 Å². The van der Waals surface area contributed by atoms with Crippen molar-refractivity contribution in [1.82, 2.24) is 0 Å². The van der Waals surface area contributed by atoms with Crippen molar-refractivity contribution in [2.75, 3.05) is 6.54 Å². The van der Waals surface area contributed by atoms with Gasteiger partial charge in [0, 0.05) is 20.7 Å². The fraction of sp³-hybridized carbons (Fsp3) is 0.333. The van der Waals surface area contributed by atoms with E-state index in [0.29, 0.717) is 12.5 Å². The predicted molar refractivity (Wildman–Crippen MR) is 80.6 cm³/mol. The van der Waals surface area contributed by atoms with Crippen LogP contribution in [-0.4, -0.2) is 6.54 Å². The van der Waals surface area contributed by atoms with E-state index in [1.54, 1.807) is 0 Å². The Kier molecular flexibility index (Phi) is 4.81. The summed E-state index contributed by atoms with van der Waals surface area (Å²) in [7, 11) is 0. The molecule has 1 aromatic heterocycles. The number of nitrogens with two attached hydrogens (primary N) is 1. The summed E-state index contributed by atoms with van der Waals surface area (Å²) < 4.78 is 0. The zero-order chi connectivity index (χ0) is 13.0. The lowest BCUT2D eigenvalue weighted by Gasteiger charge is -2.15. The van der Waals surface area contributed by atoms with Crippen molar-refractivity contribution in [2.24, 2.45) is 5.73 Å². The van der Waals surface area contributed by atoms with Crippen molar-refractivity contribution in [3.8, 4) is 0 Å². The van der Waals surface area contributed by atoms with Crippen LogP contribution in [0.1, 0.15) is 28.2 Å². The number of thiophene rings is 1. The zero-order valence-corrected chi connectivity index (χ0v) is 12.1. The van der Waals surface area contributed by atoms with Crippen LogP contribution in [0.4, 0.5) is 0 Å². The molecule has 18 heavy (non-hydrogen) atoms. The quantitative estimate of drug-likeness (QED) is 0.870. The highest BCUT2D eigenvalue weighted by Gasteiger charge is 2.14. The highest BCUT2D eigenvalue weighted by atomic mass is 35.5. The van der Waals surface area contributed by atoms with Crippen LogP contribution in [0.3, 0.4) is 0 Å². The number of hydrogen-bond donors (Lipinski definition) is 1. The number of hydrogen-bond acceptors (Lipinski definition) is 2. The minimum absolute atomic E-state index is 0.307. The fourth-order valence-corrected chi connectivity index (χ4v) is 3.42. The molecule has 1 heterocycles. The average molecular weight is 280 g/mol. The van der Waals surface area contributed by atoms with Crippen LogP contribution in [0.25, 0.3) is 0 Å². The number of aryl methyl sites for hydroxylation is 1. The maximum absolute atomic E-state index is 6.24. The topological polar surface area (TPSA) is 26.0 Å². The van der Waals surface area contributed by atoms with E-state index >= 15 is 0 Å². The van der Waals surface area contributed by atoms with Crippen molar-refractivity contribution < 1.29 is 0 Å². The van der Waals surface area contributed by atoms with E-state index in [0.717, 1.165) is 23.4 Å². The third-order valence-electron chi connectivity index (χ3n) is 3.14. The number of rotatable bonds is 5. The minimum Gasteiger partial charge on any atom is -0.330 e. The molecule has 0 saturated carbocycles. The molecular weight excluding hydrogens is 262 g/mol. The molecule has 96 valence electrons. The fourth-order valence-electron chi connectivity index (χ4n) is 2.09. The maximum atomic E-state index is 6.24. The van der Waals surface area contributed by atoms with Crippen LogP contribution in [0, 0.1) is 0 Å². The summed E-state index contributed by atoms with van der Waals surface area (Å²) in [5.74, 6) is 0.307. The summed E-state index contributed by atoms with van der Waals surface area (Å²) in [5.41, 5.74) is 7.07. The summed E-state index contributed by atoms with van der Waals surface area (Å²) in [4.78, 5) is 2.82. The highest BCUT2D eigenvalue weighted by Crippen LogP contribution is 2.29. The van der Waals surface area contributed by atoms with E-state index in [9.17, 15) is 0 Å². The van der Waals surface area contributed by atoms with Crippen LogP contribution >= 0.6 is 22.9 Å². The molecule has 0 aliphatic carbocycles. The first-order chi connectivity index (χ1) is 8.74. The first-order valence-electron chi connectivity index (χ1n) is 6.26. The molecule has 2 N–H and O–H groups in total. The van der Waals surface area contributed by atoms with Gasteiger partial charge in [0.2, 0.25) is 0 Å². The Morgan fingerprint density at radius 2 is 1.89 bits per heavy atom. The van der Waals surface area contributed by atoms with Crippen molar-refractivity contribution in [3.05, 3.63) is 56.7 Å². The average Bonchev–Trinajstić information content (AvgIpc) is 2.85. The largest absolute Gasteiger partial charge is 0.330 e. The molecule has 1 aromatic carbocycles. The van der Waals surface area contributed by atoms with Gasteiger partial charge in [0.15, 0.2) is 0 Å². The Hall–Kier alpha value is -0.830. The van der Waals surface area contributed by atoms with Gasteiger partial charge in [-0.25, -0.2) is 0 Å². The van der Waals surface area contributed by atoms with E-state index < -0.39 is 0 Å². The second-order valence-electron chi connectivity index (χ2n) is 4.38. The van der Waals surface area contributed by atoms with Crippen molar-refractivity contribution >= 4 is 22.9 Å². The minimum atomic E-state index is 0.307. The van der Waals surface area contributed by atoms with E-state index in [1.807, 2.05) is 29.5 Å². The van der Waals surface area contributed by atoms with Gasteiger partial charge in [-0.2, -0.15) is 0 Å². The number of benzene rings is 1. The van der Waals surface area contributed by atoms with Crippen LogP contribution in [0.5, 0.6) is 0 Å². The monoisotopic (exact) mass is 279 g/mol. The van der Waals surface area contributed by atoms with Gasteiger partial charge in [0.05, 0.1) is 0 Å². The smallest absolute Gasteiger partial charge is 0.0441 e. The van der Waals surface area contributed by atoms with Gasteiger partial charge >= 0.3 is 0 Å². The first-order valence-corrected chi connectivity index (χ1v) is 7.46. The molecule has 1 nitrogen and oxygen atoms in total.